The van der Waals surface area contributed by atoms with Crippen LogP contribution in [0, 0.1) is 28.4 Å². The van der Waals surface area contributed by atoms with E-state index in [2.05, 4.69) is 6.07 Å². The standard InChI is InChI=1S/C36H37Cl2F2N3O4/c1-6-7-11-29-42(26-15-12-20(34(45)46)16-27(26)47-5)33(44)32-30(22-9-8-10-24(38)31(22)40)36(19-41,23-14-13-21(37)17-25(23)39)28(43(29)32)18-35(2,3)4/h8-10,12-17,28-30,32H,6-7,11,18H2,1-5H3,(H,45,46)/t28-,29+,30-,32+,36-/m0/s1. The summed E-state index contributed by atoms with van der Waals surface area (Å²) in [5.74, 6) is -4.14. The summed E-state index contributed by atoms with van der Waals surface area (Å²) in [7, 11) is 1.39. The third-order valence-corrected chi connectivity index (χ3v) is 9.86. The number of anilines is 1. The summed E-state index contributed by atoms with van der Waals surface area (Å²) in [6, 6.07) is 13.4. The monoisotopic (exact) mass is 683 g/mol. The molecule has 0 aromatic heterocycles. The smallest absolute Gasteiger partial charge is 0.335 e. The number of fused-ring (bicyclic) bond motifs is 1. The van der Waals surface area contributed by atoms with Gasteiger partial charge in [0.25, 0.3) is 0 Å². The zero-order chi connectivity index (χ0) is 34.4. The molecule has 2 aliphatic heterocycles. The fraction of sp³-hybridized carbons (Fsp3) is 0.417. The van der Waals surface area contributed by atoms with Gasteiger partial charge in [0.1, 0.15) is 28.8 Å². The van der Waals surface area contributed by atoms with Crippen molar-refractivity contribution in [2.24, 2.45) is 5.41 Å². The van der Waals surface area contributed by atoms with Gasteiger partial charge in [-0.25, -0.2) is 13.6 Å². The number of nitriles is 1. The number of benzene rings is 3. The van der Waals surface area contributed by atoms with Crippen LogP contribution in [0.1, 0.15) is 80.8 Å². The number of rotatable bonds is 9. The number of unbranched alkanes of at least 4 members (excludes halogenated alkanes) is 1. The molecule has 2 saturated heterocycles. The molecule has 0 aliphatic carbocycles. The fourth-order valence-corrected chi connectivity index (χ4v) is 7.84. The molecule has 2 fully saturated rings. The van der Waals surface area contributed by atoms with Crippen molar-refractivity contribution in [3.63, 3.8) is 0 Å². The summed E-state index contributed by atoms with van der Waals surface area (Å²) in [4.78, 5) is 30.4. The second-order valence-corrected chi connectivity index (χ2v) is 14.3. The van der Waals surface area contributed by atoms with Gasteiger partial charge in [-0.3, -0.25) is 14.6 Å². The molecule has 2 aliphatic rings. The van der Waals surface area contributed by atoms with E-state index in [1.165, 1.54) is 49.6 Å². The van der Waals surface area contributed by atoms with E-state index in [0.29, 0.717) is 24.9 Å². The van der Waals surface area contributed by atoms with Crippen LogP contribution in [-0.4, -0.2) is 47.2 Å². The highest BCUT2D eigenvalue weighted by molar-refractivity contribution is 6.31. The molecular formula is C36H37Cl2F2N3O4. The van der Waals surface area contributed by atoms with Gasteiger partial charge < -0.3 is 9.84 Å². The number of amides is 1. The van der Waals surface area contributed by atoms with Crippen molar-refractivity contribution < 1.29 is 28.2 Å². The molecule has 2 heterocycles. The lowest BCUT2D eigenvalue weighted by Crippen LogP contribution is -2.52. The molecule has 11 heteroatoms. The van der Waals surface area contributed by atoms with Gasteiger partial charge in [-0.15, -0.1) is 0 Å². The molecule has 0 radical (unpaired) electrons. The molecule has 5 atom stereocenters. The first-order valence-corrected chi connectivity index (χ1v) is 16.3. The summed E-state index contributed by atoms with van der Waals surface area (Å²) in [6.07, 6.45) is 1.65. The Balaban J connectivity index is 1.86. The van der Waals surface area contributed by atoms with Gasteiger partial charge in [0.05, 0.1) is 35.6 Å². The topological polar surface area (TPSA) is 93.9 Å². The predicted octanol–water partition coefficient (Wildman–Crippen LogP) is 8.58. The Morgan fingerprint density at radius 1 is 1.13 bits per heavy atom. The maximum Gasteiger partial charge on any atom is 0.335 e. The number of hydrogen-bond donors (Lipinski definition) is 1. The lowest BCUT2D eigenvalue weighted by Gasteiger charge is -2.42. The highest BCUT2D eigenvalue weighted by atomic mass is 35.5. The largest absolute Gasteiger partial charge is 0.495 e. The third-order valence-electron chi connectivity index (χ3n) is 9.33. The van der Waals surface area contributed by atoms with Crippen LogP contribution < -0.4 is 9.64 Å². The van der Waals surface area contributed by atoms with Crippen molar-refractivity contribution >= 4 is 40.8 Å². The number of hydrogen-bond acceptors (Lipinski definition) is 5. The number of carbonyl (C=O) groups excluding carboxylic acids is 1. The molecule has 7 nitrogen and oxygen atoms in total. The number of aromatic carboxylic acids is 1. The summed E-state index contributed by atoms with van der Waals surface area (Å²) in [6.45, 7) is 8.02. The first-order valence-electron chi connectivity index (χ1n) is 15.5. The first-order chi connectivity index (χ1) is 22.2. The molecule has 1 amide bonds. The second-order valence-electron chi connectivity index (χ2n) is 13.4. The summed E-state index contributed by atoms with van der Waals surface area (Å²) < 4.78 is 38.1. The number of carbonyl (C=O) groups is 2. The van der Waals surface area contributed by atoms with Gasteiger partial charge in [0.2, 0.25) is 5.91 Å². The van der Waals surface area contributed by atoms with Crippen molar-refractivity contribution in [1.29, 1.82) is 5.26 Å². The zero-order valence-electron chi connectivity index (χ0n) is 26.9. The van der Waals surface area contributed by atoms with Crippen molar-refractivity contribution in [1.82, 2.24) is 4.90 Å². The Hall–Kier alpha value is -3.71. The molecule has 0 bridgehead atoms. The minimum Gasteiger partial charge on any atom is -0.495 e. The minimum atomic E-state index is -1.75. The van der Waals surface area contributed by atoms with Gasteiger partial charge in [-0.05, 0) is 60.2 Å². The van der Waals surface area contributed by atoms with Crippen LogP contribution >= 0.6 is 23.2 Å². The molecule has 3 aromatic rings. The highest BCUT2D eigenvalue weighted by Crippen LogP contribution is 2.60. The predicted molar refractivity (Wildman–Crippen MR) is 177 cm³/mol. The van der Waals surface area contributed by atoms with Crippen LogP contribution in [-0.2, 0) is 10.2 Å². The number of nitrogens with zero attached hydrogens (tertiary/aromatic N) is 3. The first kappa shape index (κ1) is 34.6. The molecule has 47 heavy (non-hydrogen) atoms. The van der Waals surface area contributed by atoms with Crippen LogP contribution in [0.3, 0.4) is 0 Å². The lowest BCUT2D eigenvalue weighted by molar-refractivity contribution is -0.119. The Kier molecular flexibility index (Phi) is 9.62. The summed E-state index contributed by atoms with van der Waals surface area (Å²) >= 11 is 12.5. The maximum absolute atomic E-state index is 16.2. The van der Waals surface area contributed by atoms with E-state index in [4.69, 9.17) is 27.9 Å². The molecule has 0 spiro atoms. The van der Waals surface area contributed by atoms with E-state index in [1.54, 1.807) is 11.0 Å². The summed E-state index contributed by atoms with van der Waals surface area (Å²) in [5.41, 5.74) is -1.80. The fourth-order valence-electron chi connectivity index (χ4n) is 7.50. The van der Waals surface area contributed by atoms with Crippen LogP contribution in [0.2, 0.25) is 10.0 Å². The molecule has 5 rings (SSSR count). The molecule has 0 unspecified atom stereocenters. The Morgan fingerprint density at radius 3 is 2.45 bits per heavy atom. The number of carboxylic acid groups (broad SMARTS) is 1. The van der Waals surface area contributed by atoms with Crippen LogP contribution in [0.4, 0.5) is 14.5 Å². The average molecular weight is 685 g/mol. The van der Waals surface area contributed by atoms with E-state index in [9.17, 15) is 15.2 Å². The number of methoxy groups -OCH3 is 1. The number of ether oxygens (including phenoxy) is 1. The average Bonchev–Trinajstić information content (AvgIpc) is 3.44. The van der Waals surface area contributed by atoms with Crippen molar-refractivity contribution in [2.45, 2.75) is 83.0 Å². The van der Waals surface area contributed by atoms with Crippen molar-refractivity contribution in [3.05, 3.63) is 93.0 Å². The third kappa shape index (κ3) is 5.85. The molecule has 0 saturated carbocycles. The molecule has 3 aromatic carbocycles. The van der Waals surface area contributed by atoms with Gasteiger partial charge in [-0.1, -0.05) is 81.9 Å². The van der Waals surface area contributed by atoms with Crippen LogP contribution in [0.15, 0.2) is 54.6 Å². The maximum atomic E-state index is 16.2. The quantitative estimate of drug-likeness (QED) is 0.243. The molecule has 248 valence electrons. The van der Waals surface area contributed by atoms with Gasteiger partial charge >= 0.3 is 5.97 Å². The normalized spacial score (nSPS) is 24.3. The Bertz CT molecular complexity index is 1760. The van der Waals surface area contributed by atoms with E-state index in [-0.39, 0.29) is 32.5 Å². The van der Waals surface area contributed by atoms with E-state index < -0.39 is 58.5 Å². The Labute approximate surface area is 283 Å². The lowest BCUT2D eigenvalue weighted by atomic mass is 9.62. The second kappa shape index (κ2) is 13.1. The molecular weight excluding hydrogens is 647 g/mol. The highest BCUT2D eigenvalue weighted by Gasteiger charge is 2.70. The summed E-state index contributed by atoms with van der Waals surface area (Å²) in [5, 5.41) is 20.9. The number of carboxylic acids is 1. The van der Waals surface area contributed by atoms with Crippen LogP contribution in [0.25, 0.3) is 0 Å². The molecule has 1 N–H and O–H groups in total. The van der Waals surface area contributed by atoms with Crippen molar-refractivity contribution in [3.8, 4) is 11.8 Å². The van der Waals surface area contributed by atoms with Crippen LogP contribution in [0.5, 0.6) is 5.75 Å². The van der Waals surface area contributed by atoms with Gasteiger partial charge in [-0.2, -0.15) is 5.26 Å². The van der Waals surface area contributed by atoms with E-state index in [1.807, 2.05) is 32.6 Å². The van der Waals surface area contributed by atoms with E-state index in [0.717, 1.165) is 12.5 Å². The Morgan fingerprint density at radius 2 is 1.85 bits per heavy atom. The number of halogens is 4. The van der Waals surface area contributed by atoms with Gasteiger partial charge in [0.15, 0.2) is 0 Å². The van der Waals surface area contributed by atoms with Gasteiger partial charge in [0, 0.05) is 22.5 Å². The van der Waals surface area contributed by atoms with Crippen molar-refractivity contribution in [2.75, 3.05) is 12.0 Å². The van der Waals surface area contributed by atoms with E-state index >= 15 is 13.6 Å². The zero-order valence-corrected chi connectivity index (χ0v) is 28.4. The minimum absolute atomic E-state index is 0.0194. The SMILES string of the molecule is CCCC[C@@H]1N(c2ccc(C(=O)O)cc2OC)C(=O)[C@H]2[C@H](c3cccc(Cl)c3F)[C@@](C#N)(c3ccc(Cl)cc3F)[C@H](CC(C)(C)C)N12.